The molecule has 5 aromatic rings. The molecule has 0 unspecified atom stereocenters. The SMILES string of the molecule is O=c1c2ccccc2nc(-c2cccc(C(F)(F)F)c2)n1N=Cc1cccc(OCc2ccc(F)cc2)c1. The number of benzene rings is 4. The number of para-hydroxylation sites is 1. The first-order valence-corrected chi connectivity index (χ1v) is 11.5. The highest BCUT2D eigenvalue weighted by molar-refractivity contribution is 5.82. The molecule has 0 aliphatic rings. The lowest BCUT2D eigenvalue weighted by Gasteiger charge is -2.12. The van der Waals surface area contributed by atoms with Crippen LogP contribution in [0.15, 0.2) is 107 Å². The summed E-state index contributed by atoms with van der Waals surface area (Å²) in [5.74, 6) is 0.148. The molecule has 0 aliphatic heterocycles. The zero-order chi connectivity index (χ0) is 26.7. The average molecular weight is 517 g/mol. The van der Waals surface area contributed by atoms with Crippen LogP contribution >= 0.6 is 0 Å². The van der Waals surface area contributed by atoms with Crippen molar-refractivity contribution in [1.82, 2.24) is 9.66 Å². The maximum absolute atomic E-state index is 13.4. The minimum Gasteiger partial charge on any atom is -0.489 e. The molecule has 9 heteroatoms. The Morgan fingerprint density at radius 2 is 1.66 bits per heavy atom. The number of ether oxygens (including phenoxy) is 1. The van der Waals surface area contributed by atoms with E-state index in [1.165, 1.54) is 30.5 Å². The maximum Gasteiger partial charge on any atom is 0.416 e. The van der Waals surface area contributed by atoms with E-state index in [4.69, 9.17) is 4.74 Å². The Hall–Kier alpha value is -4.79. The lowest BCUT2D eigenvalue weighted by atomic mass is 10.1. The van der Waals surface area contributed by atoms with Gasteiger partial charge >= 0.3 is 6.18 Å². The Balaban J connectivity index is 1.51. The molecule has 0 N–H and O–H groups in total. The van der Waals surface area contributed by atoms with E-state index in [-0.39, 0.29) is 29.2 Å². The normalized spacial score (nSPS) is 11.8. The predicted molar refractivity (Wildman–Crippen MR) is 137 cm³/mol. The van der Waals surface area contributed by atoms with Gasteiger partial charge in [0.05, 0.1) is 22.7 Å². The molecule has 0 aliphatic carbocycles. The quantitative estimate of drug-likeness (QED) is 0.186. The lowest BCUT2D eigenvalue weighted by molar-refractivity contribution is -0.137. The Kier molecular flexibility index (Phi) is 6.74. The van der Waals surface area contributed by atoms with Gasteiger partial charge in [0.25, 0.3) is 5.56 Å². The highest BCUT2D eigenvalue weighted by Gasteiger charge is 2.31. The third-order valence-electron chi connectivity index (χ3n) is 5.70. The number of nitrogens with zero attached hydrogens (tertiary/aromatic N) is 3. The zero-order valence-electron chi connectivity index (χ0n) is 19.7. The summed E-state index contributed by atoms with van der Waals surface area (Å²) in [6.07, 6.45) is -3.16. The number of rotatable bonds is 6. The van der Waals surface area contributed by atoms with Gasteiger partial charge in [-0.2, -0.15) is 22.9 Å². The van der Waals surface area contributed by atoms with Crippen molar-refractivity contribution < 1.29 is 22.3 Å². The minimum atomic E-state index is -4.56. The fourth-order valence-electron chi connectivity index (χ4n) is 3.81. The zero-order valence-corrected chi connectivity index (χ0v) is 19.7. The molecule has 0 bridgehead atoms. The fourth-order valence-corrected chi connectivity index (χ4v) is 3.81. The highest BCUT2D eigenvalue weighted by atomic mass is 19.4. The summed E-state index contributed by atoms with van der Waals surface area (Å²) in [6, 6.07) is 24.0. The van der Waals surface area contributed by atoms with Gasteiger partial charge in [-0.1, -0.05) is 48.5 Å². The summed E-state index contributed by atoms with van der Waals surface area (Å²) < 4.78 is 60.0. The molecule has 1 aromatic heterocycles. The Morgan fingerprint density at radius 3 is 2.45 bits per heavy atom. The molecule has 190 valence electrons. The van der Waals surface area contributed by atoms with E-state index in [1.807, 2.05) is 0 Å². The molecule has 1 heterocycles. The number of hydrogen-bond donors (Lipinski definition) is 0. The molecule has 0 amide bonds. The van der Waals surface area contributed by atoms with Crippen molar-refractivity contribution >= 4 is 17.1 Å². The van der Waals surface area contributed by atoms with E-state index in [2.05, 4.69) is 10.1 Å². The number of aromatic nitrogens is 2. The largest absolute Gasteiger partial charge is 0.489 e. The van der Waals surface area contributed by atoms with Crippen molar-refractivity contribution in [2.75, 3.05) is 0 Å². The second-order valence-corrected chi connectivity index (χ2v) is 8.38. The molecule has 38 heavy (non-hydrogen) atoms. The number of fused-ring (bicyclic) bond motifs is 1. The summed E-state index contributed by atoms with van der Waals surface area (Å²) in [6.45, 7) is 0.217. The predicted octanol–water partition coefficient (Wildman–Crippen LogP) is 6.68. The summed E-state index contributed by atoms with van der Waals surface area (Å²) in [4.78, 5) is 17.8. The third kappa shape index (κ3) is 5.46. The van der Waals surface area contributed by atoms with Crippen molar-refractivity contribution in [2.45, 2.75) is 12.8 Å². The van der Waals surface area contributed by atoms with Crippen LogP contribution in [-0.4, -0.2) is 15.9 Å². The topological polar surface area (TPSA) is 56.5 Å². The van der Waals surface area contributed by atoms with Gasteiger partial charge < -0.3 is 4.74 Å². The van der Waals surface area contributed by atoms with Crippen LogP contribution in [0.5, 0.6) is 5.75 Å². The number of hydrogen-bond acceptors (Lipinski definition) is 4. The first-order chi connectivity index (χ1) is 18.3. The average Bonchev–Trinajstić information content (AvgIpc) is 2.92. The summed E-state index contributed by atoms with van der Waals surface area (Å²) in [7, 11) is 0. The summed E-state index contributed by atoms with van der Waals surface area (Å²) in [5.41, 5.74) is 0.410. The van der Waals surface area contributed by atoms with E-state index in [9.17, 15) is 22.4 Å². The van der Waals surface area contributed by atoms with Crippen molar-refractivity contribution in [2.24, 2.45) is 5.10 Å². The van der Waals surface area contributed by atoms with E-state index in [0.29, 0.717) is 16.8 Å². The van der Waals surface area contributed by atoms with Crippen molar-refractivity contribution in [3.63, 3.8) is 0 Å². The maximum atomic E-state index is 13.4. The second-order valence-electron chi connectivity index (χ2n) is 8.38. The van der Waals surface area contributed by atoms with Gasteiger partial charge in [-0.05, 0) is 59.7 Å². The van der Waals surface area contributed by atoms with Gasteiger partial charge in [0.2, 0.25) is 0 Å². The van der Waals surface area contributed by atoms with E-state index in [0.717, 1.165) is 22.4 Å². The van der Waals surface area contributed by atoms with Gasteiger partial charge in [-0.3, -0.25) is 4.79 Å². The molecule has 0 spiro atoms. The molecule has 0 saturated carbocycles. The standard InChI is InChI=1S/C29H19F4N3O2/c30-23-13-11-19(12-14-23)18-38-24-8-3-5-20(15-24)17-34-36-27(21-6-4-7-22(16-21)29(31,32)33)35-26-10-2-1-9-25(26)28(36)37/h1-17H,18H2. The number of halogens is 4. The van der Waals surface area contributed by atoms with Gasteiger partial charge in [-0.25, -0.2) is 9.37 Å². The van der Waals surface area contributed by atoms with Crippen LogP contribution in [0.2, 0.25) is 0 Å². The molecule has 4 aromatic carbocycles. The smallest absolute Gasteiger partial charge is 0.416 e. The van der Waals surface area contributed by atoms with Crippen LogP contribution in [0.1, 0.15) is 16.7 Å². The van der Waals surface area contributed by atoms with Crippen LogP contribution in [0.3, 0.4) is 0 Å². The van der Waals surface area contributed by atoms with E-state index >= 15 is 0 Å². The molecular weight excluding hydrogens is 498 g/mol. The van der Waals surface area contributed by atoms with Gasteiger partial charge in [0.15, 0.2) is 5.82 Å². The third-order valence-corrected chi connectivity index (χ3v) is 5.70. The summed E-state index contributed by atoms with van der Waals surface area (Å²) in [5, 5.41) is 4.58. The number of alkyl halides is 3. The molecule has 5 nitrogen and oxygen atoms in total. The van der Waals surface area contributed by atoms with Gasteiger partial charge in [0.1, 0.15) is 18.2 Å². The molecule has 0 atom stereocenters. The Labute approximate surface area is 214 Å². The van der Waals surface area contributed by atoms with Gasteiger partial charge in [0, 0.05) is 5.56 Å². The van der Waals surface area contributed by atoms with Crippen molar-refractivity contribution in [1.29, 1.82) is 0 Å². The first kappa shape index (κ1) is 24.9. The van der Waals surface area contributed by atoms with Crippen LogP contribution in [0, 0.1) is 5.82 Å². The van der Waals surface area contributed by atoms with Crippen LogP contribution in [0.4, 0.5) is 17.6 Å². The molecule has 0 radical (unpaired) electrons. The van der Waals surface area contributed by atoms with Crippen LogP contribution in [0.25, 0.3) is 22.3 Å². The van der Waals surface area contributed by atoms with E-state index < -0.39 is 17.3 Å². The molecule has 0 saturated heterocycles. The molecular formula is C29H19F4N3O2. The van der Waals surface area contributed by atoms with Crippen LogP contribution in [-0.2, 0) is 12.8 Å². The Morgan fingerprint density at radius 1 is 0.895 bits per heavy atom. The van der Waals surface area contributed by atoms with Crippen molar-refractivity contribution in [3.8, 4) is 17.1 Å². The van der Waals surface area contributed by atoms with E-state index in [1.54, 1.807) is 60.7 Å². The lowest BCUT2D eigenvalue weighted by Crippen LogP contribution is -2.20. The van der Waals surface area contributed by atoms with Gasteiger partial charge in [-0.15, -0.1) is 0 Å². The van der Waals surface area contributed by atoms with Crippen LogP contribution < -0.4 is 10.3 Å². The Bertz CT molecular complexity index is 1690. The highest BCUT2D eigenvalue weighted by Crippen LogP contribution is 2.32. The molecule has 5 rings (SSSR count). The minimum absolute atomic E-state index is 0.0280. The van der Waals surface area contributed by atoms with Crippen molar-refractivity contribution in [3.05, 3.63) is 130 Å². The fraction of sp³-hybridized carbons (Fsp3) is 0.0690. The second kappa shape index (κ2) is 10.3. The summed E-state index contributed by atoms with van der Waals surface area (Å²) >= 11 is 0. The monoisotopic (exact) mass is 517 g/mol. The molecule has 0 fully saturated rings. The first-order valence-electron chi connectivity index (χ1n) is 11.5.